The third-order valence-electron chi connectivity index (χ3n) is 11.4. The highest BCUT2D eigenvalue weighted by atomic mass is 14.8. The molecule has 2 heteroatoms. The van der Waals surface area contributed by atoms with Crippen LogP contribution < -0.4 is 0 Å². The summed E-state index contributed by atoms with van der Waals surface area (Å²) in [6.45, 7) is 2.25. The molecule has 2 nitrogen and oxygen atoms in total. The lowest BCUT2D eigenvalue weighted by Gasteiger charge is -2.22. The van der Waals surface area contributed by atoms with E-state index in [-0.39, 0.29) is 6.04 Å². The van der Waals surface area contributed by atoms with Crippen molar-refractivity contribution in [2.24, 2.45) is 10.9 Å². The molecule has 1 aliphatic rings. The van der Waals surface area contributed by atoms with Gasteiger partial charge in [-0.3, -0.25) is 9.98 Å². The lowest BCUT2D eigenvalue weighted by atomic mass is 9.83. The summed E-state index contributed by atoms with van der Waals surface area (Å²) >= 11 is 0. The average molecular weight is 729 g/mol. The molecule has 10 rings (SSSR count). The molecule has 0 radical (unpaired) electrons. The maximum absolute atomic E-state index is 4.93. The predicted molar refractivity (Wildman–Crippen MR) is 241 cm³/mol. The highest BCUT2D eigenvalue weighted by Gasteiger charge is 2.22. The van der Waals surface area contributed by atoms with E-state index < -0.39 is 0 Å². The summed E-state index contributed by atoms with van der Waals surface area (Å²) in [6.07, 6.45) is 8.12. The molecule has 0 saturated carbocycles. The van der Waals surface area contributed by atoms with Gasteiger partial charge in [0.2, 0.25) is 0 Å². The van der Waals surface area contributed by atoms with Crippen LogP contribution in [0.1, 0.15) is 18.5 Å². The van der Waals surface area contributed by atoms with Gasteiger partial charge in [-0.15, -0.1) is 0 Å². The van der Waals surface area contributed by atoms with Gasteiger partial charge in [0.05, 0.1) is 11.7 Å². The first-order valence-electron chi connectivity index (χ1n) is 19.7. The smallest absolute Gasteiger partial charge is 0.0809 e. The first-order valence-corrected chi connectivity index (χ1v) is 19.7. The van der Waals surface area contributed by atoms with Gasteiger partial charge >= 0.3 is 0 Å². The average Bonchev–Trinajstić information content (AvgIpc) is 3.29. The Labute approximate surface area is 334 Å². The van der Waals surface area contributed by atoms with Crippen molar-refractivity contribution in [3.8, 4) is 66.9 Å². The number of hydrogen-bond acceptors (Lipinski definition) is 2. The standard InChI is InChI=1S/C55H40N2/c1-37-15-14-30-57-55(37)44-23-13-22-43(32-44)54-49-25-9-8-24-48(49)53(42-21-12-20-41(31-42)52-26-10-11-29-56-52)50-28-27-40(36-51(50)54)47-34-45(38-16-4-2-5-17-38)33-46(35-47)39-18-6-3-7-19-39/h2-37,55H,1H3. The highest BCUT2D eigenvalue weighted by molar-refractivity contribution is 6.22. The Kier molecular flexibility index (Phi) is 8.93. The Morgan fingerprint density at radius 2 is 0.930 bits per heavy atom. The molecule has 0 amide bonds. The molecule has 0 N–H and O–H groups in total. The van der Waals surface area contributed by atoms with Crippen LogP contribution in [0.2, 0.25) is 0 Å². The van der Waals surface area contributed by atoms with E-state index in [1.165, 1.54) is 82.7 Å². The molecule has 0 fully saturated rings. The first-order chi connectivity index (χ1) is 28.2. The minimum absolute atomic E-state index is 0.0776. The normalized spacial score (nSPS) is 15.0. The molecule has 57 heavy (non-hydrogen) atoms. The zero-order chi connectivity index (χ0) is 38.1. The van der Waals surface area contributed by atoms with E-state index in [0.717, 1.165) is 11.3 Å². The molecule has 0 spiro atoms. The summed E-state index contributed by atoms with van der Waals surface area (Å²) in [5.41, 5.74) is 15.3. The van der Waals surface area contributed by atoms with E-state index in [1.54, 1.807) is 0 Å². The van der Waals surface area contributed by atoms with Gasteiger partial charge in [-0.2, -0.15) is 0 Å². The molecule has 270 valence electrons. The molecule has 0 aliphatic carbocycles. The molecule has 2 unspecified atom stereocenters. The highest BCUT2D eigenvalue weighted by Crippen LogP contribution is 2.46. The molecule has 0 bridgehead atoms. The molecule has 9 aromatic rings. The Hall–Kier alpha value is -7.16. The first kappa shape index (κ1) is 34.3. The van der Waals surface area contributed by atoms with Crippen molar-refractivity contribution < 1.29 is 0 Å². The van der Waals surface area contributed by atoms with Crippen molar-refractivity contribution in [2.45, 2.75) is 13.0 Å². The van der Waals surface area contributed by atoms with Crippen molar-refractivity contribution in [1.29, 1.82) is 0 Å². The van der Waals surface area contributed by atoms with E-state index in [2.05, 4.69) is 201 Å². The second-order valence-corrected chi connectivity index (χ2v) is 15.0. The molecule has 0 saturated heterocycles. The van der Waals surface area contributed by atoms with E-state index in [1.807, 2.05) is 18.5 Å². The van der Waals surface area contributed by atoms with E-state index >= 15 is 0 Å². The van der Waals surface area contributed by atoms with Gasteiger partial charge in [0.15, 0.2) is 0 Å². The Balaban J connectivity index is 1.25. The van der Waals surface area contributed by atoms with Crippen molar-refractivity contribution in [3.05, 3.63) is 212 Å². The molecule has 8 aromatic carbocycles. The van der Waals surface area contributed by atoms with E-state index in [4.69, 9.17) is 9.98 Å². The second kappa shape index (κ2) is 14.8. The summed E-state index contributed by atoms with van der Waals surface area (Å²) in [5.74, 6) is 0.315. The number of aromatic nitrogens is 1. The fourth-order valence-electron chi connectivity index (χ4n) is 8.61. The van der Waals surface area contributed by atoms with Gasteiger partial charge in [0, 0.05) is 23.9 Å². The van der Waals surface area contributed by atoms with Crippen molar-refractivity contribution >= 4 is 27.8 Å². The number of allylic oxidation sites excluding steroid dienone is 1. The largest absolute Gasteiger partial charge is 0.285 e. The van der Waals surface area contributed by atoms with Crippen LogP contribution in [0.5, 0.6) is 0 Å². The third kappa shape index (κ3) is 6.56. The Morgan fingerprint density at radius 3 is 1.60 bits per heavy atom. The summed E-state index contributed by atoms with van der Waals surface area (Å²) in [5, 5.41) is 4.87. The lowest BCUT2D eigenvalue weighted by Crippen LogP contribution is -2.08. The minimum Gasteiger partial charge on any atom is -0.285 e. The molecule has 2 heterocycles. The fraction of sp³-hybridized carbons (Fsp3) is 0.0545. The van der Waals surface area contributed by atoms with Gasteiger partial charge in [-0.05, 0) is 137 Å². The number of hydrogen-bond donors (Lipinski definition) is 0. The monoisotopic (exact) mass is 728 g/mol. The summed E-state index contributed by atoms with van der Waals surface area (Å²) in [4.78, 5) is 9.63. The second-order valence-electron chi connectivity index (χ2n) is 15.0. The number of benzene rings is 8. The molecule has 1 aliphatic heterocycles. The topological polar surface area (TPSA) is 25.2 Å². The number of fused-ring (bicyclic) bond motifs is 2. The fourth-order valence-corrected chi connectivity index (χ4v) is 8.61. The Bertz CT molecular complexity index is 2900. The van der Waals surface area contributed by atoms with Gasteiger partial charge in [-0.1, -0.05) is 153 Å². The summed E-state index contributed by atoms with van der Waals surface area (Å²) in [6, 6.07) is 68.5. The van der Waals surface area contributed by atoms with Crippen LogP contribution >= 0.6 is 0 Å². The zero-order valence-electron chi connectivity index (χ0n) is 31.8. The molecule has 1 aromatic heterocycles. The van der Waals surface area contributed by atoms with Gasteiger partial charge in [-0.25, -0.2) is 0 Å². The van der Waals surface area contributed by atoms with Crippen molar-refractivity contribution in [2.75, 3.05) is 0 Å². The van der Waals surface area contributed by atoms with Crippen LogP contribution in [0.15, 0.2) is 211 Å². The number of rotatable bonds is 7. The van der Waals surface area contributed by atoms with E-state index in [9.17, 15) is 0 Å². The Morgan fingerprint density at radius 1 is 0.386 bits per heavy atom. The molecular weight excluding hydrogens is 689 g/mol. The van der Waals surface area contributed by atoms with Crippen LogP contribution in [-0.2, 0) is 0 Å². The SMILES string of the molecule is CC1C=CC=NC1c1cccc(-c2c3ccccc3c(-c3cccc(-c4ccccn4)c3)c3ccc(-c4cc(-c5ccccc5)cc(-c5ccccc5)c4)cc23)c1. The van der Waals surface area contributed by atoms with E-state index in [0.29, 0.717) is 5.92 Å². The predicted octanol–water partition coefficient (Wildman–Crippen LogP) is 14.7. The number of dihydropyridines is 1. The maximum atomic E-state index is 4.93. The molecular formula is C55H40N2. The van der Waals surface area contributed by atoms with Crippen molar-refractivity contribution in [1.82, 2.24) is 4.98 Å². The van der Waals surface area contributed by atoms with Crippen LogP contribution in [-0.4, -0.2) is 11.2 Å². The number of pyridine rings is 1. The lowest BCUT2D eigenvalue weighted by molar-refractivity contribution is 0.566. The van der Waals surface area contributed by atoms with Gasteiger partial charge in [0.25, 0.3) is 0 Å². The number of nitrogens with zero attached hydrogens (tertiary/aromatic N) is 2. The quantitative estimate of drug-likeness (QED) is 0.150. The van der Waals surface area contributed by atoms with Crippen LogP contribution in [0, 0.1) is 5.92 Å². The summed E-state index contributed by atoms with van der Waals surface area (Å²) in [7, 11) is 0. The zero-order valence-corrected chi connectivity index (χ0v) is 31.8. The van der Waals surface area contributed by atoms with Crippen molar-refractivity contribution in [3.63, 3.8) is 0 Å². The van der Waals surface area contributed by atoms with Gasteiger partial charge < -0.3 is 0 Å². The van der Waals surface area contributed by atoms with Crippen LogP contribution in [0.3, 0.4) is 0 Å². The minimum atomic E-state index is 0.0776. The summed E-state index contributed by atoms with van der Waals surface area (Å²) < 4.78 is 0. The maximum Gasteiger partial charge on any atom is 0.0809 e. The number of aliphatic imine (C=N–C) groups is 1. The van der Waals surface area contributed by atoms with Crippen LogP contribution in [0.25, 0.3) is 88.4 Å². The van der Waals surface area contributed by atoms with Gasteiger partial charge in [0.1, 0.15) is 0 Å². The molecule has 2 atom stereocenters. The third-order valence-corrected chi connectivity index (χ3v) is 11.4. The van der Waals surface area contributed by atoms with Crippen LogP contribution in [0.4, 0.5) is 0 Å².